The van der Waals surface area contributed by atoms with Crippen LogP contribution in [0.15, 0.2) is 48.5 Å². The van der Waals surface area contributed by atoms with Crippen LogP contribution in [0.5, 0.6) is 5.75 Å². The molecule has 0 bridgehead atoms. The van der Waals surface area contributed by atoms with E-state index in [1.807, 2.05) is 0 Å². The van der Waals surface area contributed by atoms with Gasteiger partial charge in [-0.25, -0.2) is 9.69 Å². The molecule has 1 heterocycles. The zero-order chi connectivity index (χ0) is 22.8. The SMILES string of the molecule is COc1ccc(NC(=O)CN2C(=O)N(c3cccc(Cl)c3)C(=O)C3CC(Br)CCC32)cc1. The smallest absolute Gasteiger partial charge is 0.332 e. The topological polar surface area (TPSA) is 79.0 Å². The van der Waals surface area contributed by atoms with Crippen molar-refractivity contribution in [2.24, 2.45) is 5.92 Å². The molecular weight excluding hydrogens is 498 g/mol. The van der Waals surface area contributed by atoms with Crippen molar-refractivity contribution < 1.29 is 19.1 Å². The highest BCUT2D eigenvalue weighted by molar-refractivity contribution is 9.09. The molecule has 0 radical (unpaired) electrons. The molecule has 2 aromatic carbocycles. The second kappa shape index (κ2) is 9.50. The third kappa shape index (κ3) is 4.61. The number of rotatable bonds is 5. The minimum absolute atomic E-state index is 0.149. The standard InChI is InChI=1S/C23H23BrClN3O4/c1-32-18-8-6-16(7-9-18)26-21(29)13-27-20-10-5-14(24)11-19(20)22(30)28(23(27)31)17-4-2-3-15(25)12-17/h2-4,6-9,12,14,19-20H,5,10-11,13H2,1H3,(H,26,29). The fourth-order valence-electron chi connectivity index (χ4n) is 4.34. The first-order valence-electron chi connectivity index (χ1n) is 10.4. The number of nitrogens with zero attached hydrogens (tertiary/aromatic N) is 2. The average molecular weight is 521 g/mol. The predicted octanol–water partition coefficient (Wildman–Crippen LogP) is 4.69. The Morgan fingerprint density at radius 2 is 1.94 bits per heavy atom. The number of anilines is 2. The fourth-order valence-corrected chi connectivity index (χ4v) is 5.19. The number of benzene rings is 2. The molecule has 1 aliphatic heterocycles. The van der Waals surface area contributed by atoms with Gasteiger partial charge in [0.05, 0.1) is 18.7 Å². The molecule has 168 valence electrons. The minimum atomic E-state index is -0.503. The van der Waals surface area contributed by atoms with Crippen molar-refractivity contribution in [3.05, 3.63) is 53.6 Å². The number of fused-ring (bicyclic) bond motifs is 1. The summed E-state index contributed by atoms with van der Waals surface area (Å²) in [6.45, 7) is -0.149. The van der Waals surface area contributed by atoms with Crippen LogP contribution in [0.4, 0.5) is 16.2 Å². The van der Waals surface area contributed by atoms with E-state index in [9.17, 15) is 14.4 Å². The monoisotopic (exact) mass is 519 g/mol. The number of alkyl halides is 1. The average Bonchev–Trinajstić information content (AvgIpc) is 2.77. The Balaban J connectivity index is 1.58. The summed E-state index contributed by atoms with van der Waals surface area (Å²) in [4.78, 5) is 42.4. The van der Waals surface area contributed by atoms with E-state index in [2.05, 4.69) is 21.2 Å². The molecular formula is C23H23BrClN3O4. The molecule has 7 nitrogen and oxygen atoms in total. The molecule has 32 heavy (non-hydrogen) atoms. The van der Waals surface area contributed by atoms with Gasteiger partial charge in [0.1, 0.15) is 12.3 Å². The van der Waals surface area contributed by atoms with Crippen LogP contribution >= 0.6 is 27.5 Å². The van der Waals surface area contributed by atoms with Crippen LogP contribution in [0.3, 0.4) is 0 Å². The molecule has 4 amide bonds. The van der Waals surface area contributed by atoms with E-state index in [1.54, 1.807) is 55.6 Å². The Bertz CT molecular complexity index is 1030. The zero-order valence-electron chi connectivity index (χ0n) is 17.5. The Morgan fingerprint density at radius 1 is 1.19 bits per heavy atom. The van der Waals surface area contributed by atoms with Crippen LogP contribution in [0.1, 0.15) is 19.3 Å². The van der Waals surface area contributed by atoms with Gasteiger partial charge in [-0.05, 0) is 61.7 Å². The molecule has 3 unspecified atom stereocenters. The highest BCUT2D eigenvalue weighted by Crippen LogP contribution is 2.39. The number of urea groups is 1. The number of nitrogens with one attached hydrogen (secondary N) is 1. The molecule has 0 spiro atoms. The van der Waals surface area contributed by atoms with E-state index in [1.165, 1.54) is 4.90 Å². The fraction of sp³-hybridized carbons (Fsp3) is 0.348. The Kier molecular flexibility index (Phi) is 6.71. The lowest BCUT2D eigenvalue weighted by Gasteiger charge is -2.47. The van der Waals surface area contributed by atoms with Gasteiger partial charge in [0.15, 0.2) is 0 Å². The molecule has 1 N–H and O–H groups in total. The number of carbonyl (C=O) groups excluding carboxylic acids is 3. The molecule has 1 saturated carbocycles. The Labute approximate surface area is 199 Å². The first kappa shape index (κ1) is 22.6. The van der Waals surface area contributed by atoms with E-state index in [-0.39, 0.29) is 29.2 Å². The Morgan fingerprint density at radius 3 is 2.62 bits per heavy atom. The Hall–Kier alpha value is -2.58. The maximum absolute atomic E-state index is 13.4. The summed E-state index contributed by atoms with van der Waals surface area (Å²) in [7, 11) is 1.57. The highest BCUT2D eigenvalue weighted by atomic mass is 79.9. The van der Waals surface area contributed by atoms with Gasteiger partial charge >= 0.3 is 6.03 Å². The molecule has 4 rings (SSSR count). The summed E-state index contributed by atoms with van der Waals surface area (Å²) < 4.78 is 5.13. The van der Waals surface area contributed by atoms with Gasteiger partial charge in [-0.1, -0.05) is 33.6 Å². The molecule has 2 aliphatic rings. The van der Waals surface area contributed by atoms with E-state index in [0.717, 1.165) is 11.3 Å². The number of methoxy groups -OCH3 is 1. The van der Waals surface area contributed by atoms with Crippen molar-refractivity contribution in [1.29, 1.82) is 0 Å². The predicted molar refractivity (Wildman–Crippen MR) is 127 cm³/mol. The third-order valence-corrected chi connectivity index (χ3v) is 6.95. The molecule has 2 aromatic rings. The molecule has 3 atom stereocenters. The second-order valence-electron chi connectivity index (χ2n) is 7.92. The summed E-state index contributed by atoms with van der Waals surface area (Å²) in [6.07, 6.45) is 2.08. The molecule has 1 saturated heterocycles. The molecule has 0 aromatic heterocycles. The van der Waals surface area contributed by atoms with Gasteiger partial charge in [0, 0.05) is 21.6 Å². The maximum atomic E-state index is 13.4. The lowest BCUT2D eigenvalue weighted by atomic mass is 9.81. The van der Waals surface area contributed by atoms with E-state index in [0.29, 0.717) is 35.0 Å². The van der Waals surface area contributed by atoms with Gasteiger partial charge < -0.3 is 15.0 Å². The third-order valence-electron chi connectivity index (χ3n) is 5.88. The van der Waals surface area contributed by atoms with Gasteiger partial charge in [-0.15, -0.1) is 0 Å². The second-order valence-corrected chi connectivity index (χ2v) is 9.66. The number of halogens is 2. The van der Waals surface area contributed by atoms with Gasteiger partial charge in [-0.3, -0.25) is 9.59 Å². The molecule has 1 aliphatic carbocycles. The van der Waals surface area contributed by atoms with Crippen molar-refractivity contribution in [1.82, 2.24) is 4.90 Å². The summed E-state index contributed by atoms with van der Waals surface area (Å²) in [5.41, 5.74) is 1.01. The van der Waals surface area contributed by atoms with Gasteiger partial charge in [0.25, 0.3) is 0 Å². The number of ether oxygens (including phenoxy) is 1. The van der Waals surface area contributed by atoms with Crippen molar-refractivity contribution in [2.45, 2.75) is 30.1 Å². The van der Waals surface area contributed by atoms with Crippen molar-refractivity contribution >= 4 is 56.8 Å². The van der Waals surface area contributed by atoms with Gasteiger partial charge in [-0.2, -0.15) is 0 Å². The number of hydrogen-bond donors (Lipinski definition) is 1. The zero-order valence-corrected chi connectivity index (χ0v) is 19.8. The first-order valence-corrected chi connectivity index (χ1v) is 11.6. The van der Waals surface area contributed by atoms with E-state index >= 15 is 0 Å². The van der Waals surface area contributed by atoms with Crippen molar-refractivity contribution in [3.63, 3.8) is 0 Å². The van der Waals surface area contributed by atoms with Crippen LogP contribution < -0.4 is 15.0 Å². The number of amides is 4. The summed E-state index contributed by atoms with van der Waals surface area (Å²) in [5.74, 6) is -0.292. The summed E-state index contributed by atoms with van der Waals surface area (Å²) in [6, 6.07) is 12.8. The van der Waals surface area contributed by atoms with Crippen LogP contribution in [0.25, 0.3) is 0 Å². The van der Waals surface area contributed by atoms with Gasteiger partial charge in [0.2, 0.25) is 11.8 Å². The van der Waals surface area contributed by atoms with Crippen LogP contribution in [-0.4, -0.2) is 47.3 Å². The first-order chi connectivity index (χ1) is 15.4. The lowest BCUT2D eigenvalue weighted by molar-refractivity contribution is -0.128. The molecule has 9 heteroatoms. The van der Waals surface area contributed by atoms with Crippen LogP contribution in [-0.2, 0) is 9.59 Å². The number of imide groups is 1. The van der Waals surface area contributed by atoms with E-state index in [4.69, 9.17) is 16.3 Å². The summed E-state index contributed by atoms with van der Waals surface area (Å²) >= 11 is 9.73. The van der Waals surface area contributed by atoms with Crippen LogP contribution in [0, 0.1) is 5.92 Å². The maximum Gasteiger partial charge on any atom is 0.332 e. The number of carbonyl (C=O) groups is 3. The minimum Gasteiger partial charge on any atom is -0.497 e. The lowest BCUT2D eigenvalue weighted by Crippen LogP contribution is -2.64. The van der Waals surface area contributed by atoms with E-state index < -0.39 is 11.9 Å². The quantitative estimate of drug-likeness (QED) is 0.580. The molecule has 2 fully saturated rings. The summed E-state index contributed by atoms with van der Waals surface area (Å²) in [5, 5.41) is 3.24. The normalized spacial score (nSPS) is 23.0. The van der Waals surface area contributed by atoms with Crippen molar-refractivity contribution in [3.8, 4) is 5.75 Å². The van der Waals surface area contributed by atoms with Crippen LogP contribution in [0.2, 0.25) is 5.02 Å². The highest BCUT2D eigenvalue weighted by Gasteiger charge is 2.49. The largest absolute Gasteiger partial charge is 0.497 e. The van der Waals surface area contributed by atoms with Crippen molar-refractivity contribution in [2.75, 3.05) is 23.9 Å². The number of hydrogen-bond acceptors (Lipinski definition) is 4.